The molecule has 2 rings (SSSR count). The minimum absolute atomic E-state index is 0.00506. The molecule has 130 valence electrons. The average Bonchev–Trinajstić information content (AvgIpc) is 2.48. The number of hydrogen-bond donors (Lipinski definition) is 1. The van der Waals surface area contributed by atoms with Gasteiger partial charge in [0.2, 0.25) is 5.88 Å². The molecule has 1 N–H and O–H groups in total. The second-order valence-corrected chi connectivity index (χ2v) is 5.89. The van der Waals surface area contributed by atoms with Gasteiger partial charge in [0.15, 0.2) is 0 Å². The van der Waals surface area contributed by atoms with E-state index in [0.29, 0.717) is 35.9 Å². The van der Waals surface area contributed by atoms with E-state index in [1.54, 1.807) is 0 Å². The van der Waals surface area contributed by atoms with E-state index in [0.717, 1.165) is 17.8 Å². The molecule has 0 spiro atoms. The van der Waals surface area contributed by atoms with Gasteiger partial charge in [-0.15, -0.1) is 0 Å². The second kappa shape index (κ2) is 7.94. The molecule has 8 heteroatoms. The quantitative estimate of drug-likeness (QED) is 0.672. The number of unbranched alkanes of at least 4 members (excludes halogenated alkanes) is 1. The molecular weight excluding hydrogens is 366 g/mol. The molecular formula is C16H14Cl2F3NO2. The van der Waals surface area contributed by atoms with Gasteiger partial charge in [-0.25, -0.2) is 4.98 Å². The zero-order chi connectivity index (χ0) is 17.7. The van der Waals surface area contributed by atoms with Crippen LogP contribution in [-0.2, 0) is 12.6 Å². The van der Waals surface area contributed by atoms with E-state index in [1.165, 1.54) is 18.2 Å². The van der Waals surface area contributed by atoms with E-state index in [2.05, 4.69) is 4.98 Å². The summed E-state index contributed by atoms with van der Waals surface area (Å²) in [6.07, 6.45) is -1.71. The number of pyridine rings is 1. The summed E-state index contributed by atoms with van der Waals surface area (Å²) >= 11 is 12.0. The lowest BCUT2D eigenvalue weighted by Crippen LogP contribution is -2.06. The van der Waals surface area contributed by atoms with Crippen molar-refractivity contribution >= 4 is 23.2 Å². The molecule has 0 aliphatic carbocycles. The molecule has 0 saturated carbocycles. The summed E-state index contributed by atoms with van der Waals surface area (Å²) in [5, 5.41) is 10.1. The number of nitrogens with zero attached hydrogens (tertiary/aromatic N) is 1. The molecule has 0 atom stereocenters. The number of rotatable bonds is 6. The summed E-state index contributed by atoms with van der Waals surface area (Å²) in [7, 11) is 0. The van der Waals surface area contributed by atoms with Crippen molar-refractivity contribution in [2.45, 2.75) is 25.4 Å². The fraction of sp³-hybridized carbons (Fsp3) is 0.312. The van der Waals surface area contributed by atoms with Gasteiger partial charge in [-0.3, -0.25) is 0 Å². The first-order chi connectivity index (χ1) is 11.3. The van der Waals surface area contributed by atoms with Crippen molar-refractivity contribution in [1.29, 1.82) is 0 Å². The molecule has 24 heavy (non-hydrogen) atoms. The van der Waals surface area contributed by atoms with Crippen LogP contribution in [0.3, 0.4) is 0 Å². The van der Waals surface area contributed by atoms with E-state index in [-0.39, 0.29) is 11.6 Å². The second-order valence-electron chi connectivity index (χ2n) is 5.08. The van der Waals surface area contributed by atoms with E-state index in [1.807, 2.05) is 0 Å². The molecule has 0 aliphatic rings. The van der Waals surface area contributed by atoms with Gasteiger partial charge < -0.3 is 9.84 Å². The standard InChI is InChI=1S/C16H14Cl2F3NO2/c17-13-7-11(23)8-14(18)12(13)3-1-2-6-24-15-5-4-10(9-22-15)16(19,20)21/h4-5,7-9,23H,1-3,6H2. The topological polar surface area (TPSA) is 42.4 Å². The van der Waals surface area contributed by atoms with Crippen molar-refractivity contribution in [1.82, 2.24) is 4.98 Å². The van der Waals surface area contributed by atoms with Gasteiger partial charge >= 0.3 is 6.18 Å². The molecule has 1 aromatic heterocycles. The Morgan fingerprint density at radius 1 is 1.08 bits per heavy atom. The summed E-state index contributed by atoms with van der Waals surface area (Å²) < 4.78 is 42.5. The predicted octanol–water partition coefficient (Wildman–Crippen LogP) is 5.51. The first-order valence-corrected chi connectivity index (χ1v) is 7.86. The number of alkyl halides is 3. The first kappa shape index (κ1) is 18.7. The van der Waals surface area contributed by atoms with Gasteiger partial charge in [0.25, 0.3) is 0 Å². The summed E-state index contributed by atoms with van der Waals surface area (Å²) in [6.45, 7) is 0.311. The fourth-order valence-electron chi connectivity index (χ4n) is 2.04. The van der Waals surface area contributed by atoms with Crippen molar-refractivity contribution in [2.24, 2.45) is 0 Å². The zero-order valence-electron chi connectivity index (χ0n) is 12.4. The third-order valence-corrected chi connectivity index (χ3v) is 3.93. The lowest BCUT2D eigenvalue weighted by Gasteiger charge is -2.09. The van der Waals surface area contributed by atoms with Crippen LogP contribution in [0.1, 0.15) is 24.0 Å². The molecule has 0 amide bonds. The molecule has 0 saturated heterocycles. The third kappa shape index (κ3) is 5.18. The molecule has 0 unspecified atom stereocenters. The molecule has 0 bridgehead atoms. The first-order valence-electron chi connectivity index (χ1n) is 7.10. The largest absolute Gasteiger partial charge is 0.508 e. The lowest BCUT2D eigenvalue weighted by molar-refractivity contribution is -0.137. The van der Waals surface area contributed by atoms with Gasteiger partial charge in [-0.1, -0.05) is 23.2 Å². The fourth-order valence-corrected chi connectivity index (χ4v) is 2.71. The molecule has 1 heterocycles. The molecule has 1 aromatic carbocycles. The Balaban J connectivity index is 1.78. The maximum absolute atomic E-state index is 12.4. The number of halogens is 5. The SMILES string of the molecule is Oc1cc(Cl)c(CCCCOc2ccc(C(F)(F)F)cn2)c(Cl)c1. The molecule has 0 aliphatic heterocycles. The Kier molecular flexibility index (Phi) is 6.18. The number of ether oxygens (including phenoxy) is 1. The van der Waals surface area contributed by atoms with Crippen LogP contribution in [0.2, 0.25) is 10.0 Å². The highest BCUT2D eigenvalue weighted by Gasteiger charge is 2.30. The number of phenolic OH excluding ortho intramolecular Hbond substituents is 1. The average molecular weight is 380 g/mol. The number of aromatic hydroxyl groups is 1. The van der Waals surface area contributed by atoms with Crippen molar-refractivity contribution in [3.8, 4) is 11.6 Å². The van der Waals surface area contributed by atoms with Gasteiger partial charge in [0.05, 0.1) is 12.2 Å². The smallest absolute Gasteiger partial charge is 0.417 e. The van der Waals surface area contributed by atoms with Crippen LogP contribution in [0.4, 0.5) is 13.2 Å². The Morgan fingerprint density at radius 2 is 1.75 bits per heavy atom. The van der Waals surface area contributed by atoms with Crippen LogP contribution in [0, 0.1) is 0 Å². The van der Waals surface area contributed by atoms with E-state index in [4.69, 9.17) is 27.9 Å². The van der Waals surface area contributed by atoms with Crippen LogP contribution in [0.15, 0.2) is 30.5 Å². The minimum atomic E-state index is -4.41. The maximum atomic E-state index is 12.4. The number of aromatic nitrogens is 1. The zero-order valence-corrected chi connectivity index (χ0v) is 13.9. The van der Waals surface area contributed by atoms with Crippen molar-refractivity contribution in [3.63, 3.8) is 0 Å². The summed E-state index contributed by atoms with van der Waals surface area (Å²) in [6, 6.07) is 4.96. The van der Waals surface area contributed by atoms with Crippen LogP contribution < -0.4 is 4.74 Å². The van der Waals surface area contributed by atoms with Gasteiger partial charge in [-0.05, 0) is 43.0 Å². The van der Waals surface area contributed by atoms with Gasteiger partial charge in [0.1, 0.15) is 5.75 Å². The predicted molar refractivity (Wildman–Crippen MR) is 85.8 cm³/mol. The van der Waals surface area contributed by atoms with Gasteiger partial charge in [-0.2, -0.15) is 13.2 Å². The Morgan fingerprint density at radius 3 is 2.29 bits per heavy atom. The van der Waals surface area contributed by atoms with Crippen LogP contribution >= 0.6 is 23.2 Å². The normalized spacial score (nSPS) is 11.5. The van der Waals surface area contributed by atoms with E-state index >= 15 is 0 Å². The van der Waals surface area contributed by atoms with E-state index < -0.39 is 11.7 Å². The number of benzene rings is 1. The number of phenols is 1. The summed E-state index contributed by atoms with van der Waals surface area (Å²) in [4.78, 5) is 3.63. The third-order valence-electron chi connectivity index (χ3n) is 3.26. The molecule has 0 fully saturated rings. The summed E-state index contributed by atoms with van der Waals surface area (Å²) in [5.41, 5.74) is -0.0738. The molecule has 0 radical (unpaired) electrons. The Bertz CT molecular complexity index is 668. The van der Waals surface area contributed by atoms with E-state index in [9.17, 15) is 18.3 Å². The highest BCUT2D eigenvalue weighted by atomic mass is 35.5. The monoisotopic (exact) mass is 379 g/mol. The minimum Gasteiger partial charge on any atom is -0.508 e. The van der Waals surface area contributed by atoms with Crippen LogP contribution in [0.5, 0.6) is 11.6 Å². The van der Waals surface area contributed by atoms with Gasteiger partial charge in [0, 0.05) is 22.3 Å². The highest BCUT2D eigenvalue weighted by molar-refractivity contribution is 6.36. The number of hydrogen-bond acceptors (Lipinski definition) is 3. The highest BCUT2D eigenvalue weighted by Crippen LogP contribution is 2.31. The maximum Gasteiger partial charge on any atom is 0.417 e. The molecule has 2 aromatic rings. The summed E-state index contributed by atoms with van der Waals surface area (Å²) in [5.74, 6) is 0.147. The van der Waals surface area contributed by atoms with Crippen LogP contribution in [-0.4, -0.2) is 16.7 Å². The molecule has 3 nitrogen and oxygen atoms in total. The Labute approximate surface area is 147 Å². The van der Waals surface area contributed by atoms with Crippen molar-refractivity contribution in [2.75, 3.05) is 6.61 Å². The lowest BCUT2D eigenvalue weighted by atomic mass is 10.1. The van der Waals surface area contributed by atoms with Crippen molar-refractivity contribution in [3.05, 3.63) is 51.6 Å². The Hall–Kier alpha value is -1.66. The van der Waals surface area contributed by atoms with Crippen LogP contribution in [0.25, 0.3) is 0 Å². The van der Waals surface area contributed by atoms with Crippen molar-refractivity contribution < 1.29 is 23.0 Å².